The fourth-order valence-corrected chi connectivity index (χ4v) is 2.35. The number of nitrogens with one attached hydrogen (secondary N) is 1. The Morgan fingerprint density at radius 3 is 2.76 bits per heavy atom. The minimum absolute atomic E-state index is 0.324. The Hall–Kier alpha value is -1.54. The number of benzene rings is 2. The summed E-state index contributed by atoms with van der Waals surface area (Å²) in [5, 5.41) is 5.88. The summed E-state index contributed by atoms with van der Waals surface area (Å²) in [5.74, 6) is 0.984. The van der Waals surface area contributed by atoms with Crippen LogP contribution in [0.15, 0.2) is 42.5 Å². The predicted octanol–water partition coefficient (Wildman–Crippen LogP) is 2.97. The first-order chi connectivity index (χ1) is 8.42. The van der Waals surface area contributed by atoms with Crippen molar-refractivity contribution in [3.05, 3.63) is 42.5 Å². The van der Waals surface area contributed by atoms with E-state index in [0.29, 0.717) is 6.10 Å². The summed E-state index contributed by atoms with van der Waals surface area (Å²) < 4.78 is 6.00. The van der Waals surface area contributed by atoms with Crippen molar-refractivity contribution >= 4 is 10.8 Å². The third-order valence-electron chi connectivity index (χ3n) is 3.28. The standard InChI is InChI=1S/C15H17NO/c1-2-5-13-10-14(8-7-12(13)4-1)17-15-6-3-9-16-11-15/h1-2,4-5,7-8,10,15-16H,3,6,9,11H2/t15-/m1/s1. The van der Waals surface area contributed by atoms with Crippen LogP contribution in [-0.4, -0.2) is 19.2 Å². The van der Waals surface area contributed by atoms with E-state index in [1.807, 2.05) is 0 Å². The summed E-state index contributed by atoms with van der Waals surface area (Å²) in [6.45, 7) is 2.09. The molecule has 0 spiro atoms. The van der Waals surface area contributed by atoms with E-state index >= 15 is 0 Å². The van der Waals surface area contributed by atoms with Gasteiger partial charge in [0.15, 0.2) is 0 Å². The van der Waals surface area contributed by atoms with Gasteiger partial charge in [-0.2, -0.15) is 0 Å². The first kappa shape index (κ1) is 10.6. The summed E-state index contributed by atoms with van der Waals surface area (Å²) in [6.07, 6.45) is 2.68. The maximum atomic E-state index is 6.00. The van der Waals surface area contributed by atoms with Crippen LogP contribution in [0.5, 0.6) is 5.75 Å². The lowest BCUT2D eigenvalue weighted by Crippen LogP contribution is -2.37. The maximum absolute atomic E-state index is 6.00. The van der Waals surface area contributed by atoms with Crippen LogP contribution in [0, 0.1) is 0 Å². The first-order valence-electron chi connectivity index (χ1n) is 6.28. The molecule has 88 valence electrons. The molecule has 0 aliphatic carbocycles. The van der Waals surface area contributed by atoms with E-state index in [1.165, 1.54) is 17.2 Å². The zero-order chi connectivity index (χ0) is 11.5. The zero-order valence-corrected chi connectivity index (χ0v) is 9.86. The molecule has 0 amide bonds. The lowest BCUT2D eigenvalue weighted by Gasteiger charge is -2.24. The number of ether oxygens (including phenoxy) is 1. The van der Waals surface area contributed by atoms with Gasteiger partial charge < -0.3 is 10.1 Å². The van der Waals surface area contributed by atoms with Crippen LogP contribution in [0.4, 0.5) is 0 Å². The minimum Gasteiger partial charge on any atom is -0.489 e. The molecule has 1 saturated heterocycles. The lowest BCUT2D eigenvalue weighted by atomic mass is 10.1. The summed E-state index contributed by atoms with van der Waals surface area (Å²) >= 11 is 0. The predicted molar refractivity (Wildman–Crippen MR) is 70.5 cm³/mol. The van der Waals surface area contributed by atoms with Gasteiger partial charge in [0.2, 0.25) is 0 Å². The molecule has 0 aromatic heterocycles. The van der Waals surface area contributed by atoms with Gasteiger partial charge >= 0.3 is 0 Å². The molecule has 0 saturated carbocycles. The molecule has 1 fully saturated rings. The van der Waals surface area contributed by atoms with Gasteiger partial charge in [0.05, 0.1) is 0 Å². The Morgan fingerprint density at radius 1 is 1.06 bits per heavy atom. The highest BCUT2D eigenvalue weighted by molar-refractivity contribution is 5.83. The van der Waals surface area contributed by atoms with Gasteiger partial charge in [-0.3, -0.25) is 0 Å². The van der Waals surface area contributed by atoms with Gasteiger partial charge in [0.1, 0.15) is 11.9 Å². The monoisotopic (exact) mass is 227 g/mol. The maximum Gasteiger partial charge on any atom is 0.120 e. The smallest absolute Gasteiger partial charge is 0.120 e. The third kappa shape index (κ3) is 2.42. The third-order valence-corrected chi connectivity index (χ3v) is 3.28. The molecular weight excluding hydrogens is 210 g/mol. The van der Waals surface area contributed by atoms with Crippen molar-refractivity contribution in [3.8, 4) is 5.75 Å². The van der Waals surface area contributed by atoms with Crippen LogP contribution in [0.3, 0.4) is 0 Å². The van der Waals surface area contributed by atoms with E-state index in [0.717, 1.165) is 25.3 Å². The average Bonchev–Trinajstić information content (AvgIpc) is 2.40. The van der Waals surface area contributed by atoms with E-state index in [1.54, 1.807) is 0 Å². The molecule has 0 radical (unpaired) electrons. The summed E-state index contributed by atoms with van der Waals surface area (Å²) in [6, 6.07) is 14.7. The first-order valence-corrected chi connectivity index (χ1v) is 6.28. The van der Waals surface area contributed by atoms with Crippen molar-refractivity contribution in [1.29, 1.82) is 0 Å². The van der Waals surface area contributed by atoms with Crippen LogP contribution in [-0.2, 0) is 0 Å². The van der Waals surface area contributed by atoms with Gasteiger partial charge in [-0.1, -0.05) is 30.3 Å². The highest BCUT2D eigenvalue weighted by atomic mass is 16.5. The van der Waals surface area contributed by atoms with E-state index in [9.17, 15) is 0 Å². The Labute approximate surface area is 102 Å². The van der Waals surface area contributed by atoms with Crippen LogP contribution < -0.4 is 10.1 Å². The van der Waals surface area contributed by atoms with Gasteiger partial charge in [-0.15, -0.1) is 0 Å². The number of fused-ring (bicyclic) bond motifs is 1. The van der Waals surface area contributed by atoms with E-state index in [4.69, 9.17) is 4.74 Å². The number of rotatable bonds is 2. The largest absolute Gasteiger partial charge is 0.489 e. The summed E-state index contributed by atoms with van der Waals surface area (Å²) in [5.41, 5.74) is 0. The van der Waals surface area contributed by atoms with E-state index in [-0.39, 0.29) is 0 Å². The average molecular weight is 227 g/mol. The van der Waals surface area contributed by atoms with Crippen molar-refractivity contribution in [2.45, 2.75) is 18.9 Å². The second-order valence-electron chi connectivity index (χ2n) is 4.60. The van der Waals surface area contributed by atoms with Gasteiger partial charge in [0, 0.05) is 6.54 Å². The van der Waals surface area contributed by atoms with Gasteiger partial charge in [-0.25, -0.2) is 0 Å². The minimum atomic E-state index is 0.324. The molecule has 1 aliphatic rings. The zero-order valence-electron chi connectivity index (χ0n) is 9.86. The highest BCUT2D eigenvalue weighted by Crippen LogP contribution is 2.22. The number of hydrogen-bond acceptors (Lipinski definition) is 2. The van der Waals surface area contributed by atoms with E-state index < -0.39 is 0 Å². The Balaban J connectivity index is 1.80. The van der Waals surface area contributed by atoms with Crippen molar-refractivity contribution in [3.63, 3.8) is 0 Å². The second-order valence-corrected chi connectivity index (χ2v) is 4.60. The highest BCUT2D eigenvalue weighted by Gasteiger charge is 2.14. The molecule has 0 bridgehead atoms. The van der Waals surface area contributed by atoms with E-state index in [2.05, 4.69) is 47.8 Å². The van der Waals surface area contributed by atoms with Crippen LogP contribution in [0.25, 0.3) is 10.8 Å². The van der Waals surface area contributed by atoms with Crippen LogP contribution >= 0.6 is 0 Å². The molecule has 1 N–H and O–H groups in total. The normalized spacial score (nSPS) is 20.4. The van der Waals surface area contributed by atoms with Crippen molar-refractivity contribution in [1.82, 2.24) is 5.32 Å². The van der Waals surface area contributed by atoms with Gasteiger partial charge in [0.25, 0.3) is 0 Å². The van der Waals surface area contributed by atoms with Crippen molar-refractivity contribution in [2.24, 2.45) is 0 Å². The molecule has 2 aromatic carbocycles. The lowest BCUT2D eigenvalue weighted by molar-refractivity contribution is 0.167. The Bertz CT molecular complexity index is 503. The van der Waals surface area contributed by atoms with Crippen molar-refractivity contribution in [2.75, 3.05) is 13.1 Å². The molecule has 2 nitrogen and oxygen atoms in total. The molecular formula is C15H17NO. The van der Waals surface area contributed by atoms with Crippen molar-refractivity contribution < 1.29 is 4.74 Å². The molecule has 3 rings (SSSR count). The molecule has 0 unspecified atom stereocenters. The summed E-state index contributed by atoms with van der Waals surface area (Å²) in [4.78, 5) is 0. The Morgan fingerprint density at radius 2 is 1.94 bits per heavy atom. The molecule has 1 heterocycles. The Kier molecular flexibility index (Phi) is 2.97. The quantitative estimate of drug-likeness (QED) is 0.851. The van der Waals surface area contributed by atoms with Crippen LogP contribution in [0.1, 0.15) is 12.8 Å². The molecule has 17 heavy (non-hydrogen) atoms. The molecule has 2 heteroatoms. The van der Waals surface area contributed by atoms with Gasteiger partial charge in [-0.05, 0) is 42.3 Å². The van der Waals surface area contributed by atoms with Crippen LogP contribution in [0.2, 0.25) is 0 Å². The number of piperidine rings is 1. The SMILES string of the molecule is c1ccc2cc(O[C@@H]3CCCNC3)ccc2c1. The molecule has 1 atom stereocenters. The second kappa shape index (κ2) is 4.76. The number of hydrogen-bond donors (Lipinski definition) is 1. The fraction of sp³-hybridized carbons (Fsp3) is 0.333. The fourth-order valence-electron chi connectivity index (χ4n) is 2.35. The topological polar surface area (TPSA) is 21.3 Å². The molecule has 2 aromatic rings. The molecule has 1 aliphatic heterocycles. The summed E-state index contributed by atoms with van der Waals surface area (Å²) in [7, 11) is 0.